The Morgan fingerprint density at radius 1 is 1.23 bits per heavy atom. The minimum absolute atomic E-state index is 0.205. The molecule has 2 heterocycles. The molecule has 2 atom stereocenters. The summed E-state index contributed by atoms with van der Waals surface area (Å²) in [5, 5.41) is 0. The van der Waals surface area contributed by atoms with Crippen molar-refractivity contribution in [1.82, 2.24) is 4.90 Å². The molecule has 2 fully saturated rings. The zero-order chi connectivity index (χ0) is 18.3. The first kappa shape index (κ1) is 17.8. The summed E-state index contributed by atoms with van der Waals surface area (Å²) in [6.45, 7) is 7.14. The van der Waals surface area contributed by atoms with E-state index in [4.69, 9.17) is 9.47 Å². The highest BCUT2D eigenvalue weighted by Gasteiger charge is 2.38. The van der Waals surface area contributed by atoms with Crippen LogP contribution in [0.5, 0.6) is 11.5 Å². The third kappa shape index (κ3) is 3.62. The van der Waals surface area contributed by atoms with Gasteiger partial charge in [0.1, 0.15) is 5.78 Å². The van der Waals surface area contributed by atoms with Crippen molar-refractivity contribution in [3.05, 3.63) is 23.3 Å². The average molecular weight is 357 g/mol. The highest BCUT2D eigenvalue weighted by atomic mass is 16.5. The zero-order valence-electron chi connectivity index (χ0n) is 16.3. The lowest BCUT2D eigenvalue weighted by Gasteiger charge is -2.43. The third-order valence-corrected chi connectivity index (χ3v) is 6.13. The van der Waals surface area contributed by atoms with E-state index >= 15 is 0 Å². The van der Waals surface area contributed by atoms with Crippen LogP contribution in [-0.4, -0.2) is 37.5 Å². The van der Waals surface area contributed by atoms with E-state index in [9.17, 15) is 4.79 Å². The Morgan fingerprint density at radius 3 is 2.73 bits per heavy atom. The van der Waals surface area contributed by atoms with Crippen LogP contribution in [0.15, 0.2) is 12.1 Å². The van der Waals surface area contributed by atoms with Crippen LogP contribution >= 0.6 is 0 Å². The molecule has 26 heavy (non-hydrogen) atoms. The van der Waals surface area contributed by atoms with Gasteiger partial charge in [-0.05, 0) is 60.8 Å². The number of rotatable bonds is 6. The van der Waals surface area contributed by atoms with Crippen molar-refractivity contribution < 1.29 is 14.3 Å². The lowest BCUT2D eigenvalue weighted by molar-refractivity contribution is -0.129. The van der Waals surface area contributed by atoms with Gasteiger partial charge >= 0.3 is 0 Å². The molecule has 1 saturated carbocycles. The number of Topliss-reactive ketones (excluding diaryl/α,β-unsaturated/α-hetero) is 1. The number of hydrogen-bond acceptors (Lipinski definition) is 4. The Balaban J connectivity index is 1.57. The molecular formula is C22H31NO3. The first-order valence-electron chi connectivity index (χ1n) is 10.2. The molecule has 0 amide bonds. The predicted octanol–water partition coefficient (Wildman–Crippen LogP) is 4.02. The van der Waals surface area contributed by atoms with E-state index in [2.05, 4.69) is 30.9 Å². The largest absolute Gasteiger partial charge is 0.493 e. The SMILES string of the molecule is COc1cc2c(cc1OCC1CC1)C1CC(=O)C(CC(C)C)CN1CC2. The van der Waals surface area contributed by atoms with Gasteiger partial charge in [-0.15, -0.1) is 0 Å². The second-order valence-electron chi connectivity index (χ2n) is 8.71. The summed E-state index contributed by atoms with van der Waals surface area (Å²) < 4.78 is 11.6. The van der Waals surface area contributed by atoms with E-state index in [1.807, 2.05) is 0 Å². The van der Waals surface area contributed by atoms with Gasteiger partial charge in [0.2, 0.25) is 0 Å². The maximum atomic E-state index is 12.7. The first-order chi connectivity index (χ1) is 12.5. The molecule has 0 radical (unpaired) electrons. The van der Waals surface area contributed by atoms with Gasteiger partial charge in [0.05, 0.1) is 13.7 Å². The lowest BCUT2D eigenvalue weighted by Crippen LogP contribution is -2.46. The molecule has 0 spiro atoms. The van der Waals surface area contributed by atoms with Gasteiger partial charge in [-0.2, -0.15) is 0 Å². The molecule has 1 aliphatic carbocycles. The molecule has 2 aliphatic heterocycles. The van der Waals surface area contributed by atoms with E-state index < -0.39 is 0 Å². The van der Waals surface area contributed by atoms with Crippen molar-refractivity contribution in [2.75, 3.05) is 26.8 Å². The summed E-state index contributed by atoms with van der Waals surface area (Å²) in [7, 11) is 1.71. The number of benzene rings is 1. The van der Waals surface area contributed by atoms with Crippen LogP contribution in [0.2, 0.25) is 0 Å². The summed E-state index contributed by atoms with van der Waals surface area (Å²) in [5.74, 6) is 3.60. The highest BCUT2D eigenvalue weighted by molar-refractivity contribution is 5.83. The van der Waals surface area contributed by atoms with Gasteiger partial charge in [-0.1, -0.05) is 13.8 Å². The second kappa shape index (κ2) is 7.22. The average Bonchev–Trinajstić information content (AvgIpc) is 3.44. The molecule has 4 nitrogen and oxygen atoms in total. The second-order valence-corrected chi connectivity index (χ2v) is 8.71. The monoisotopic (exact) mass is 357 g/mol. The third-order valence-electron chi connectivity index (χ3n) is 6.13. The minimum Gasteiger partial charge on any atom is -0.493 e. The molecule has 0 N–H and O–H groups in total. The number of piperidine rings is 1. The molecular weight excluding hydrogens is 326 g/mol. The van der Waals surface area contributed by atoms with E-state index in [0.717, 1.165) is 44.0 Å². The van der Waals surface area contributed by atoms with Gasteiger partial charge in [0, 0.05) is 31.5 Å². The maximum absolute atomic E-state index is 12.7. The quantitative estimate of drug-likeness (QED) is 0.771. The smallest absolute Gasteiger partial charge is 0.161 e. The normalized spacial score (nSPS) is 25.8. The van der Waals surface area contributed by atoms with Gasteiger partial charge in [0.15, 0.2) is 11.5 Å². The van der Waals surface area contributed by atoms with E-state index in [-0.39, 0.29) is 12.0 Å². The van der Waals surface area contributed by atoms with E-state index in [0.29, 0.717) is 24.0 Å². The van der Waals surface area contributed by atoms with Crippen LogP contribution in [0, 0.1) is 17.8 Å². The number of fused-ring (bicyclic) bond motifs is 3. The number of methoxy groups -OCH3 is 1. The molecule has 142 valence electrons. The standard InChI is InChI=1S/C22H31NO3/c1-14(2)8-17-12-23-7-6-16-9-21(25-3)22(26-13-15-4-5-15)10-18(16)19(23)11-20(17)24/h9-10,14-15,17,19H,4-8,11-13H2,1-3H3. The number of ether oxygens (including phenoxy) is 2. The van der Waals surface area contributed by atoms with Crippen molar-refractivity contribution in [2.24, 2.45) is 17.8 Å². The fraction of sp³-hybridized carbons (Fsp3) is 0.682. The molecule has 1 saturated heterocycles. The van der Waals surface area contributed by atoms with Crippen molar-refractivity contribution in [2.45, 2.75) is 52.0 Å². The zero-order valence-corrected chi connectivity index (χ0v) is 16.3. The molecule has 1 aromatic carbocycles. The minimum atomic E-state index is 0.205. The number of carbonyl (C=O) groups is 1. The Hall–Kier alpha value is -1.55. The van der Waals surface area contributed by atoms with Gasteiger partial charge in [-0.3, -0.25) is 9.69 Å². The van der Waals surface area contributed by atoms with Crippen LogP contribution in [-0.2, 0) is 11.2 Å². The van der Waals surface area contributed by atoms with Gasteiger partial charge in [0.25, 0.3) is 0 Å². The fourth-order valence-electron chi connectivity index (χ4n) is 4.50. The summed E-state index contributed by atoms with van der Waals surface area (Å²) in [4.78, 5) is 15.3. The van der Waals surface area contributed by atoms with Crippen LogP contribution in [0.4, 0.5) is 0 Å². The topological polar surface area (TPSA) is 38.8 Å². The van der Waals surface area contributed by atoms with Crippen molar-refractivity contribution in [3.63, 3.8) is 0 Å². The molecule has 4 rings (SSSR count). The lowest BCUT2D eigenvalue weighted by atomic mass is 9.80. The molecule has 1 aromatic rings. The Kier molecular flexibility index (Phi) is 4.96. The van der Waals surface area contributed by atoms with Crippen LogP contribution < -0.4 is 9.47 Å². The number of ketones is 1. The predicted molar refractivity (Wildman–Crippen MR) is 102 cm³/mol. The summed E-state index contributed by atoms with van der Waals surface area (Å²) in [6, 6.07) is 4.51. The molecule has 3 aliphatic rings. The van der Waals surface area contributed by atoms with Gasteiger partial charge < -0.3 is 9.47 Å². The summed E-state index contributed by atoms with van der Waals surface area (Å²) in [5.41, 5.74) is 2.59. The summed E-state index contributed by atoms with van der Waals surface area (Å²) >= 11 is 0. The van der Waals surface area contributed by atoms with Crippen molar-refractivity contribution in [1.29, 1.82) is 0 Å². The van der Waals surface area contributed by atoms with Crippen LogP contribution in [0.1, 0.15) is 56.7 Å². The maximum Gasteiger partial charge on any atom is 0.161 e. The number of nitrogens with zero attached hydrogens (tertiary/aromatic N) is 1. The molecule has 0 aromatic heterocycles. The van der Waals surface area contributed by atoms with Crippen molar-refractivity contribution >= 4 is 5.78 Å². The van der Waals surface area contributed by atoms with Gasteiger partial charge in [-0.25, -0.2) is 0 Å². The Labute approximate surface area is 156 Å². The molecule has 4 heteroatoms. The molecule has 0 bridgehead atoms. The Morgan fingerprint density at radius 2 is 2.04 bits per heavy atom. The number of hydrogen-bond donors (Lipinski definition) is 0. The van der Waals surface area contributed by atoms with E-state index in [1.165, 1.54) is 24.0 Å². The van der Waals surface area contributed by atoms with E-state index in [1.54, 1.807) is 7.11 Å². The molecule has 2 unspecified atom stereocenters. The summed E-state index contributed by atoms with van der Waals surface area (Å²) in [6.07, 6.45) is 5.21. The van der Waals surface area contributed by atoms with Crippen LogP contribution in [0.3, 0.4) is 0 Å². The van der Waals surface area contributed by atoms with Crippen molar-refractivity contribution in [3.8, 4) is 11.5 Å². The fourth-order valence-corrected chi connectivity index (χ4v) is 4.50. The first-order valence-corrected chi connectivity index (χ1v) is 10.2. The highest BCUT2D eigenvalue weighted by Crippen LogP contribution is 2.43. The Bertz CT molecular complexity index is 680. The number of carbonyl (C=O) groups excluding carboxylic acids is 1. The van der Waals surface area contributed by atoms with Crippen LogP contribution in [0.25, 0.3) is 0 Å².